The lowest BCUT2D eigenvalue weighted by molar-refractivity contribution is -0.131. The Morgan fingerprint density at radius 1 is 0.762 bits per heavy atom. The van der Waals surface area contributed by atoms with Gasteiger partial charge in [0.25, 0.3) is 0 Å². The smallest absolute Gasteiger partial charge is 0.328 e. The molecule has 0 bridgehead atoms. The zero-order valence-corrected chi connectivity index (χ0v) is 11.5. The van der Waals surface area contributed by atoms with E-state index in [9.17, 15) is 4.79 Å². The maximum Gasteiger partial charge on any atom is 0.328 e. The van der Waals surface area contributed by atoms with Crippen LogP contribution in [0, 0.1) is 0 Å². The zero-order chi connectivity index (χ0) is 14.9. The van der Waals surface area contributed by atoms with E-state index in [0.717, 1.165) is 22.8 Å². The summed E-state index contributed by atoms with van der Waals surface area (Å²) in [7, 11) is 0. The molecule has 21 heavy (non-hydrogen) atoms. The van der Waals surface area contributed by atoms with Crippen LogP contribution in [0.5, 0.6) is 0 Å². The second kappa shape index (κ2) is 7.65. The fourth-order valence-electron chi connectivity index (χ4n) is 1.95. The second-order valence-electron chi connectivity index (χ2n) is 4.39. The van der Waals surface area contributed by atoms with E-state index in [1.165, 1.54) is 6.08 Å². The second-order valence-corrected chi connectivity index (χ2v) is 4.39. The highest BCUT2D eigenvalue weighted by molar-refractivity contribution is 5.81. The molecule has 104 valence electrons. The first-order chi connectivity index (χ1) is 10.3. The summed E-state index contributed by atoms with van der Waals surface area (Å²) in [5.41, 5.74) is 3.34. The van der Waals surface area contributed by atoms with Crippen LogP contribution in [-0.4, -0.2) is 11.1 Å². The SMILES string of the molecule is O=C(O)C=CC=CC=C(c1ccccc1)c1ccccc1. The number of aliphatic carboxylic acids is 1. The Morgan fingerprint density at radius 2 is 1.29 bits per heavy atom. The lowest BCUT2D eigenvalue weighted by Crippen LogP contribution is -1.86. The number of benzene rings is 2. The van der Waals surface area contributed by atoms with Crippen molar-refractivity contribution < 1.29 is 9.90 Å². The highest BCUT2D eigenvalue weighted by Crippen LogP contribution is 2.23. The monoisotopic (exact) mass is 276 g/mol. The molecular weight excluding hydrogens is 260 g/mol. The van der Waals surface area contributed by atoms with E-state index in [-0.39, 0.29) is 0 Å². The van der Waals surface area contributed by atoms with E-state index >= 15 is 0 Å². The molecule has 0 aromatic heterocycles. The Morgan fingerprint density at radius 3 is 1.76 bits per heavy atom. The lowest BCUT2D eigenvalue weighted by atomic mass is 9.97. The fourth-order valence-corrected chi connectivity index (χ4v) is 1.95. The first-order valence-electron chi connectivity index (χ1n) is 6.66. The molecule has 0 aliphatic carbocycles. The Labute approximate surface area is 124 Å². The minimum atomic E-state index is -0.949. The molecule has 0 atom stereocenters. The van der Waals surface area contributed by atoms with Crippen LogP contribution < -0.4 is 0 Å². The highest BCUT2D eigenvalue weighted by Gasteiger charge is 2.02. The molecule has 0 aliphatic heterocycles. The Balaban J connectivity index is 2.31. The van der Waals surface area contributed by atoms with Crippen LogP contribution in [-0.2, 0) is 4.79 Å². The molecule has 0 amide bonds. The molecule has 0 radical (unpaired) electrons. The van der Waals surface area contributed by atoms with Crippen molar-refractivity contribution in [3.63, 3.8) is 0 Å². The van der Waals surface area contributed by atoms with Crippen LogP contribution in [0.4, 0.5) is 0 Å². The van der Waals surface area contributed by atoms with E-state index < -0.39 is 5.97 Å². The van der Waals surface area contributed by atoms with Gasteiger partial charge in [0.1, 0.15) is 0 Å². The molecule has 0 saturated carbocycles. The molecule has 0 fully saturated rings. The van der Waals surface area contributed by atoms with Gasteiger partial charge in [-0.15, -0.1) is 0 Å². The molecule has 2 nitrogen and oxygen atoms in total. The number of allylic oxidation sites excluding steroid dienone is 4. The highest BCUT2D eigenvalue weighted by atomic mass is 16.4. The minimum Gasteiger partial charge on any atom is -0.478 e. The van der Waals surface area contributed by atoms with Gasteiger partial charge in [-0.2, -0.15) is 0 Å². The topological polar surface area (TPSA) is 37.3 Å². The van der Waals surface area contributed by atoms with E-state index in [1.54, 1.807) is 6.08 Å². The number of carbonyl (C=O) groups is 1. The summed E-state index contributed by atoms with van der Waals surface area (Å²) >= 11 is 0. The van der Waals surface area contributed by atoms with E-state index in [4.69, 9.17) is 5.11 Å². The quantitative estimate of drug-likeness (QED) is 0.652. The zero-order valence-electron chi connectivity index (χ0n) is 11.5. The van der Waals surface area contributed by atoms with Crippen LogP contribution in [0.15, 0.2) is 91.0 Å². The number of rotatable bonds is 5. The van der Waals surface area contributed by atoms with Crippen LogP contribution in [0.2, 0.25) is 0 Å². The van der Waals surface area contributed by atoms with Crippen molar-refractivity contribution in [2.24, 2.45) is 0 Å². The van der Waals surface area contributed by atoms with Crippen molar-refractivity contribution in [1.29, 1.82) is 0 Å². The van der Waals surface area contributed by atoms with Crippen molar-refractivity contribution >= 4 is 11.5 Å². The molecule has 0 aliphatic rings. The summed E-state index contributed by atoms with van der Waals surface area (Å²) in [6, 6.07) is 20.2. The van der Waals surface area contributed by atoms with Gasteiger partial charge < -0.3 is 5.11 Å². The summed E-state index contributed by atoms with van der Waals surface area (Å²) in [6.45, 7) is 0. The largest absolute Gasteiger partial charge is 0.478 e. The summed E-state index contributed by atoms with van der Waals surface area (Å²) in [6.07, 6.45) is 8.15. The van der Waals surface area contributed by atoms with E-state index in [0.29, 0.717) is 0 Å². The maximum absolute atomic E-state index is 10.4. The van der Waals surface area contributed by atoms with Crippen LogP contribution in [0.25, 0.3) is 5.57 Å². The van der Waals surface area contributed by atoms with Gasteiger partial charge in [-0.05, 0) is 16.7 Å². The fraction of sp³-hybridized carbons (Fsp3) is 0. The third kappa shape index (κ3) is 4.62. The van der Waals surface area contributed by atoms with Gasteiger partial charge in [-0.1, -0.05) is 85.0 Å². The van der Waals surface area contributed by atoms with Gasteiger partial charge in [-0.3, -0.25) is 0 Å². The molecule has 0 saturated heterocycles. The first kappa shape index (κ1) is 14.5. The standard InChI is InChI=1S/C19H16O2/c20-19(21)15-9-3-8-14-18(16-10-4-1-5-11-16)17-12-6-2-7-13-17/h1-15H,(H,20,21). The van der Waals surface area contributed by atoms with Crippen LogP contribution >= 0.6 is 0 Å². The molecule has 0 heterocycles. The average molecular weight is 276 g/mol. The first-order valence-corrected chi connectivity index (χ1v) is 6.66. The molecule has 0 unspecified atom stereocenters. The molecule has 2 heteroatoms. The maximum atomic E-state index is 10.4. The Bertz CT molecular complexity index is 624. The van der Waals surface area contributed by atoms with Crippen molar-refractivity contribution in [1.82, 2.24) is 0 Å². The van der Waals surface area contributed by atoms with Crippen LogP contribution in [0.1, 0.15) is 11.1 Å². The van der Waals surface area contributed by atoms with Gasteiger partial charge >= 0.3 is 5.97 Å². The predicted molar refractivity (Wildman–Crippen MR) is 85.9 cm³/mol. The summed E-state index contributed by atoms with van der Waals surface area (Å²) in [5, 5.41) is 8.54. The molecule has 2 aromatic carbocycles. The normalized spacial score (nSPS) is 10.9. The molecule has 0 spiro atoms. The summed E-state index contributed by atoms with van der Waals surface area (Å²) in [4.78, 5) is 10.4. The van der Waals surface area contributed by atoms with Crippen LogP contribution in [0.3, 0.4) is 0 Å². The van der Waals surface area contributed by atoms with Gasteiger partial charge in [-0.25, -0.2) is 4.79 Å². The third-order valence-corrected chi connectivity index (χ3v) is 2.89. The number of hydrogen-bond donors (Lipinski definition) is 1. The molecule has 2 aromatic rings. The Hall–Kier alpha value is -2.87. The average Bonchev–Trinajstić information content (AvgIpc) is 2.52. The molecular formula is C19H16O2. The van der Waals surface area contributed by atoms with Crippen molar-refractivity contribution in [2.45, 2.75) is 0 Å². The van der Waals surface area contributed by atoms with Gasteiger partial charge in [0.15, 0.2) is 0 Å². The number of carboxylic acids is 1. The third-order valence-electron chi connectivity index (χ3n) is 2.89. The van der Waals surface area contributed by atoms with E-state index in [1.807, 2.05) is 48.6 Å². The van der Waals surface area contributed by atoms with Gasteiger partial charge in [0.2, 0.25) is 0 Å². The van der Waals surface area contributed by atoms with E-state index in [2.05, 4.69) is 24.3 Å². The summed E-state index contributed by atoms with van der Waals surface area (Å²) in [5.74, 6) is -0.949. The number of carboxylic acid groups (broad SMARTS) is 1. The van der Waals surface area contributed by atoms with Gasteiger partial charge in [0.05, 0.1) is 0 Å². The molecule has 1 N–H and O–H groups in total. The van der Waals surface area contributed by atoms with Gasteiger partial charge in [0, 0.05) is 6.08 Å². The number of hydrogen-bond acceptors (Lipinski definition) is 1. The summed E-state index contributed by atoms with van der Waals surface area (Å²) < 4.78 is 0. The van der Waals surface area contributed by atoms with Crippen molar-refractivity contribution in [2.75, 3.05) is 0 Å². The van der Waals surface area contributed by atoms with Crippen molar-refractivity contribution in [3.05, 3.63) is 102 Å². The Kier molecular flexibility index (Phi) is 5.30. The lowest BCUT2D eigenvalue weighted by Gasteiger charge is -2.07. The molecule has 2 rings (SSSR count). The minimum absolute atomic E-state index is 0.949. The predicted octanol–water partition coefficient (Wildman–Crippen LogP) is 4.32. The van der Waals surface area contributed by atoms with Crippen molar-refractivity contribution in [3.8, 4) is 0 Å².